The third kappa shape index (κ3) is 4.30. The summed E-state index contributed by atoms with van der Waals surface area (Å²) in [7, 11) is 0.900. The molecule has 0 radical (unpaired) electrons. The van der Waals surface area contributed by atoms with E-state index in [-0.39, 0.29) is 16.4 Å². The van der Waals surface area contributed by atoms with Crippen molar-refractivity contribution >= 4 is 22.1 Å². The first-order valence-electron chi connectivity index (χ1n) is 7.65. The van der Waals surface area contributed by atoms with Gasteiger partial charge in [-0.15, -0.1) is 0 Å². The van der Waals surface area contributed by atoms with Gasteiger partial charge in [-0.1, -0.05) is 0 Å². The number of carboxylic acid groups (broad SMARTS) is 1. The van der Waals surface area contributed by atoms with Gasteiger partial charge in [0, 0.05) is 32.3 Å². The number of carboxylic acids is 1. The minimum absolute atomic E-state index is 0.0380. The number of benzene rings is 1. The summed E-state index contributed by atoms with van der Waals surface area (Å²) in [6.45, 7) is 2.02. The maximum atomic E-state index is 13.1. The molecule has 0 spiro atoms. The van der Waals surface area contributed by atoms with Crippen molar-refractivity contribution in [1.29, 1.82) is 0 Å². The average molecular weight is 370 g/mol. The van der Waals surface area contributed by atoms with Crippen LogP contribution in [-0.2, 0) is 14.8 Å². The maximum Gasteiger partial charge on any atom is 0.328 e. The molecule has 1 fully saturated rings. The van der Waals surface area contributed by atoms with Crippen molar-refractivity contribution in [3.63, 3.8) is 0 Å². The van der Waals surface area contributed by atoms with Gasteiger partial charge in [0.1, 0.15) is 4.90 Å². The number of piperazine rings is 1. The van der Waals surface area contributed by atoms with E-state index in [0.717, 1.165) is 6.08 Å². The Morgan fingerprint density at radius 3 is 2.32 bits per heavy atom. The third-order valence-corrected chi connectivity index (χ3v) is 5.87. The van der Waals surface area contributed by atoms with Gasteiger partial charge in [-0.3, -0.25) is 0 Å². The number of hydrogen-bond acceptors (Lipinski definition) is 6. The summed E-state index contributed by atoms with van der Waals surface area (Å²) in [6.07, 6.45) is 2.25. The molecule has 25 heavy (non-hydrogen) atoms. The summed E-state index contributed by atoms with van der Waals surface area (Å²) >= 11 is 0. The minimum Gasteiger partial charge on any atom is -0.493 e. The van der Waals surface area contributed by atoms with Gasteiger partial charge in [0.05, 0.1) is 14.2 Å². The zero-order valence-corrected chi connectivity index (χ0v) is 15.2. The van der Waals surface area contributed by atoms with E-state index < -0.39 is 16.0 Å². The largest absolute Gasteiger partial charge is 0.493 e. The number of aliphatic carboxylic acids is 1. The Balaban J connectivity index is 2.53. The number of likely N-dealkylation sites (N-methyl/N-ethyl adjacent to an activating group) is 1. The lowest BCUT2D eigenvalue weighted by Crippen LogP contribution is -2.47. The van der Waals surface area contributed by atoms with E-state index in [1.165, 1.54) is 36.7 Å². The van der Waals surface area contributed by atoms with Gasteiger partial charge in [-0.2, -0.15) is 4.31 Å². The van der Waals surface area contributed by atoms with E-state index in [4.69, 9.17) is 14.6 Å². The number of sulfonamides is 1. The molecular formula is C16H22N2O6S. The van der Waals surface area contributed by atoms with E-state index in [0.29, 0.717) is 31.7 Å². The number of hydrogen-bond donors (Lipinski definition) is 1. The van der Waals surface area contributed by atoms with Crippen LogP contribution >= 0.6 is 0 Å². The molecule has 1 saturated heterocycles. The number of nitrogens with zero attached hydrogens (tertiary/aromatic N) is 2. The van der Waals surface area contributed by atoms with E-state index in [1.54, 1.807) is 0 Å². The molecule has 0 atom stereocenters. The lowest BCUT2D eigenvalue weighted by Gasteiger charge is -2.32. The molecule has 0 saturated carbocycles. The molecule has 0 unspecified atom stereocenters. The number of methoxy groups -OCH3 is 2. The lowest BCUT2D eigenvalue weighted by atomic mass is 10.2. The quantitative estimate of drug-likeness (QED) is 0.738. The normalized spacial score (nSPS) is 16.9. The van der Waals surface area contributed by atoms with Crippen molar-refractivity contribution in [3.05, 3.63) is 23.8 Å². The highest BCUT2D eigenvalue weighted by Gasteiger charge is 2.31. The third-order valence-electron chi connectivity index (χ3n) is 3.97. The monoisotopic (exact) mass is 370 g/mol. The summed E-state index contributed by atoms with van der Waals surface area (Å²) in [6, 6.07) is 2.93. The Morgan fingerprint density at radius 1 is 1.16 bits per heavy atom. The second-order valence-corrected chi connectivity index (χ2v) is 7.54. The van der Waals surface area contributed by atoms with E-state index in [1.807, 2.05) is 7.05 Å². The SMILES string of the molecule is COc1cc(C=CC(=O)O)cc(S(=O)(=O)N2CCN(C)CC2)c1OC. The van der Waals surface area contributed by atoms with E-state index >= 15 is 0 Å². The first kappa shape index (κ1) is 19.2. The fraction of sp³-hybridized carbons (Fsp3) is 0.438. The highest BCUT2D eigenvalue weighted by Crippen LogP contribution is 2.37. The molecule has 138 valence electrons. The molecule has 1 N–H and O–H groups in total. The average Bonchev–Trinajstić information content (AvgIpc) is 2.59. The molecule has 0 bridgehead atoms. The molecule has 1 aromatic rings. The second kappa shape index (κ2) is 7.85. The lowest BCUT2D eigenvalue weighted by molar-refractivity contribution is -0.131. The Kier molecular flexibility index (Phi) is 6.04. The summed E-state index contributed by atoms with van der Waals surface area (Å²) in [5.74, 6) is -0.796. The second-order valence-electron chi connectivity index (χ2n) is 5.63. The predicted molar refractivity (Wildman–Crippen MR) is 92.5 cm³/mol. The fourth-order valence-electron chi connectivity index (χ4n) is 2.57. The van der Waals surface area contributed by atoms with Crippen LogP contribution in [0.5, 0.6) is 11.5 Å². The zero-order valence-electron chi connectivity index (χ0n) is 14.4. The van der Waals surface area contributed by atoms with Crippen LogP contribution < -0.4 is 9.47 Å². The fourth-order valence-corrected chi connectivity index (χ4v) is 4.20. The van der Waals surface area contributed by atoms with E-state index in [9.17, 15) is 13.2 Å². The van der Waals surface area contributed by atoms with Crippen LogP contribution in [0.4, 0.5) is 0 Å². The van der Waals surface area contributed by atoms with Crippen LogP contribution in [0.2, 0.25) is 0 Å². The highest BCUT2D eigenvalue weighted by atomic mass is 32.2. The summed E-state index contributed by atoms with van der Waals surface area (Å²) in [5, 5.41) is 8.79. The van der Waals surface area contributed by atoms with Crippen molar-refractivity contribution in [1.82, 2.24) is 9.21 Å². The molecule has 9 heteroatoms. The van der Waals surface area contributed by atoms with Gasteiger partial charge in [0.2, 0.25) is 10.0 Å². The van der Waals surface area contributed by atoms with Gasteiger partial charge in [-0.05, 0) is 30.8 Å². The molecule has 1 aliphatic heterocycles. The first-order chi connectivity index (χ1) is 11.8. The number of carbonyl (C=O) groups is 1. The molecule has 1 aromatic carbocycles. The van der Waals surface area contributed by atoms with Crippen LogP contribution in [0.15, 0.2) is 23.1 Å². The molecule has 1 heterocycles. The Morgan fingerprint density at radius 2 is 1.80 bits per heavy atom. The molecule has 0 amide bonds. The van der Waals surface area contributed by atoms with Crippen molar-refractivity contribution < 1.29 is 27.8 Å². The number of ether oxygens (including phenoxy) is 2. The highest BCUT2D eigenvalue weighted by molar-refractivity contribution is 7.89. The summed E-state index contributed by atoms with van der Waals surface area (Å²) < 4.78 is 38.0. The summed E-state index contributed by atoms with van der Waals surface area (Å²) in [5.41, 5.74) is 0.396. The molecular weight excluding hydrogens is 348 g/mol. The first-order valence-corrected chi connectivity index (χ1v) is 9.09. The zero-order chi connectivity index (χ0) is 18.6. The van der Waals surface area contributed by atoms with Crippen molar-refractivity contribution in [3.8, 4) is 11.5 Å². The van der Waals surface area contributed by atoms with Crippen LogP contribution in [0.25, 0.3) is 6.08 Å². The van der Waals surface area contributed by atoms with Gasteiger partial charge in [0.15, 0.2) is 11.5 Å². The standard InChI is InChI=1S/C16H22N2O6S/c1-17-6-8-18(9-7-17)25(21,22)14-11-12(4-5-15(19)20)10-13(23-2)16(14)24-3/h4-5,10-11H,6-9H2,1-3H3,(H,19,20). The molecule has 0 aliphatic carbocycles. The Bertz CT molecular complexity index is 767. The molecule has 0 aromatic heterocycles. The van der Waals surface area contributed by atoms with Crippen molar-refractivity contribution in [2.45, 2.75) is 4.90 Å². The molecule has 2 rings (SSSR count). The summed E-state index contributed by atoms with van der Waals surface area (Å²) in [4.78, 5) is 12.7. The Labute approximate surface area is 147 Å². The number of rotatable bonds is 6. The minimum atomic E-state index is -3.80. The van der Waals surface area contributed by atoms with Gasteiger partial charge < -0.3 is 19.5 Å². The topological polar surface area (TPSA) is 96.4 Å². The molecule has 1 aliphatic rings. The molecule has 8 nitrogen and oxygen atoms in total. The van der Waals surface area contributed by atoms with Gasteiger partial charge in [0.25, 0.3) is 0 Å². The van der Waals surface area contributed by atoms with Crippen LogP contribution in [0.1, 0.15) is 5.56 Å². The Hall–Kier alpha value is -2.10. The van der Waals surface area contributed by atoms with Crippen molar-refractivity contribution in [2.24, 2.45) is 0 Å². The van der Waals surface area contributed by atoms with Crippen LogP contribution in [-0.4, -0.2) is 76.1 Å². The van der Waals surface area contributed by atoms with Gasteiger partial charge >= 0.3 is 5.97 Å². The predicted octanol–water partition coefficient (Wildman–Crippen LogP) is 0.738. The maximum absolute atomic E-state index is 13.1. The smallest absolute Gasteiger partial charge is 0.328 e. The van der Waals surface area contributed by atoms with Crippen molar-refractivity contribution in [2.75, 3.05) is 47.4 Å². The van der Waals surface area contributed by atoms with E-state index in [2.05, 4.69) is 4.90 Å². The van der Waals surface area contributed by atoms with Crippen LogP contribution in [0, 0.1) is 0 Å². The van der Waals surface area contributed by atoms with Gasteiger partial charge in [-0.25, -0.2) is 13.2 Å². The van der Waals surface area contributed by atoms with Crippen LogP contribution in [0.3, 0.4) is 0 Å².